The van der Waals surface area contributed by atoms with E-state index in [-0.39, 0.29) is 12.0 Å². The number of halogens is 2. The van der Waals surface area contributed by atoms with Crippen LogP contribution in [-0.2, 0) is 15.7 Å². The molecule has 0 N–H and O–H groups in total. The lowest BCUT2D eigenvalue weighted by Crippen LogP contribution is -3.85. The summed E-state index contributed by atoms with van der Waals surface area (Å²) < 4.78 is 16.0. The van der Waals surface area contributed by atoms with Gasteiger partial charge in [-0.2, -0.15) is 0 Å². The first kappa shape index (κ1) is 25.1. The van der Waals surface area contributed by atoms with Gasteiger partial charge < -0.3 is 0 Å². The van der Waals surface area contributed by atoms with E-state index < -0.39 is 52.4 Å². The molecule has 2 radical (unpaired) electrons. The molecule has 0 aliphatic heterocycles. The van der Waals surface area contributed by atoms with E-state index in [0.29, 0.717) is 0 Å². The van der Waals surface area contributed by atoms with Crippen molar-refractivity contribution in [2.45, 2.75) is 6.42 Å². The normalized spacial score (nSPS) is 10.7. The van der Waals surface area contributed by atoms with Crippen LogP contribution in [0.3, 0.4) is 0 Å². The zero-order valence-electron chi connectivity index (χ0n) is 18.9. The topological polar surface area (TPSA) is 52.6 Å². The minimum Gasteiger partial charge on any atom is -0.246 e. The quantitative estimate of drug-likeness (QED) is 0.177. The van der Waals surface area contributed by atoms with Crippen LogP contribution in [0.15, 0.2) is 133 Å². The number of hydrogen-bond acceptors (Lipinski definition) is 4. The van der Waals surface area contributed by atoms with Crippen molar-refractivity contribution in [3.63, 3.8) is 0 Å². The molecule has 4 rings (SSSR count). The molecular weight excluding hydrogens is 666 g/mol. The van der Waals surface area contributed by atoms with Crippen molar-refractivity contribution in [1.82, 2.24) is 0 Å². The van der Waals surface area contributed by atoms with E-state index in [1.165, 1.54) is 0 Å². The molecule has 35 heavy (non-hydrogen) atoms. The molecular formula is C29H24I2O4+2. The highest BCUT2D eigenvalue weighted by Crippen LogP contribution is 2.00. The van der Waals surface area contributed by atoms with E-state index in [1.54, 1.807) is 0 Å². The molecule has 0 saturated heterocycles. The number of hydrogen-bond donors (Lipinski definition) is 0. The van der Waals surface area contributed by atoms with Crippen molar-refractivity contribution in [1.29, 1.82) is 0 Å². The van der Waals surface area contributed by atoms with Crippen LogP contribution in [0, 0.1) is 14.3 Å². The zero-order chi connectivity index (χ0) is 24.5. The first-order valence-corrected chi connectivity index (χ1v) is 16.9. The standard InChI is InChI=1S/C29H24I2O4/c1-23(29(33)35-31(26-18-10-4-11-19-26)27-20-12-5-13-21-27)22-28(32)34-30(24-14-6-2-7-15-24)25-16-8-3-9-17-25/h2-21H,1,22H2/q+2. The number of carbonyl (C=O) groups excluding carboxylic acids is 2. The third-order valence-corrected chi connectivity index (χ3v) is 13.9. The van der Waals surface area contributed by atoms with E-state index in [4.69, 9.17) is 6.13 Å². The van der Waals surface area contributed by atoms with Crippen molar-refractivity contribution < 1.29 is 56.2 Å². The Balaban J connectivity index is 1.46. The van der Waals surface area contributed by atoms with Crippen LogP contribution in [0.2, 0.25) is 0 Å². The van der Waals surface area contributed by atoms with Gasteiger partial charge in [-0.25, -0.2) is 15.7 Å². The fraction of sp³-hybridized carbons (Fsp3) is 0.0345. The molecule has 0 aliphatic rings. The lowest BCUT2D eigenvalue weighted by molar-refractivity contribution is -1.04. The molecule has 4 aromatic rings. The molecule has 176 valence electrons. The molecule has 0 fully saturated rings. The van der Waals surface area contributed by atoms with E-state index >= 15 is 0 Å². The van der Waals surface area contributed by atoms with Crippen molar-refractivity contribution in [3.05, 3.63) is 148 Å². The predicted octanol–water partition coefficient (Wildman–Crippen LogP) is -0.422. The maximum atomic E-state index is 13.0. The van der Waals surface area contributed by atoms with Gasteiger partial charge in [0, 0.05) is 5.57 Å². The highest BCUT2D eigenvalue weighted by atomic mass is 127. The lowest BCUT2D eigenvalue weighted by Gasteiger charge is -2.07. The summed E-state index contributed by atoms with van der Waals surface area (Å²) in [5.74, 6) is -1.02. The van der Waals surface area contributed by atoms with Crippen LogP contribution in [-0.4, -0.2) is 11.9 Å². The SMILES string of the molecule is C=C(CC(=O)O[I+](c1ccccc1)c1ccccc1)C(=O)O[I+](c1ccccc1)c1ccccc1. The van der Waals surface area contributed by atoms with Gasteiger partial charge in [0.25, 0.3) is 0 Å². The minimum atomic E-state index is -2.51. The Kier molecular flexibility index (Phi) is 9.08. The Morgan fingerprint density at radius 2 is 0.857 bits per heavy atom. The Labute approximate surface area is 220 Å². The van der Waals surface area contributed by atoms with Gasteiger partial charge in [-0.05, 0) is 48.5 Å². The summed E-state index contributed by atoms with van der Waals surface area (Å²) in [7, 11) is 0. The molecule has 4 aromatic carbocycles. The average Bonchev–Trinajstić information content (AvgIpc) is 2.92. The molecule has 0 bridgehead atoms. The number of benzene rings is 4. The highest BCUT2D eigenvalue weighted by molar-refractivity contribution is 5.92. The molecule has 0 amide bonds. The fourth-order valence-electron chi connectivity index (χ4n) is 3.03. The first-order chi connectivity index (χ1) is 17.1. The predicted molar refractivity (Wildman–Crippen MR) is 126 cm³/mol. The maximum Gasteiger partial charge on any atom is 0.386 e. The van der Waals surface area contributed by atoms with Crippen LogP contribution in [0.1, 0.15) is 6.42 Å². The number of carbonyl (C=O) groups is 2. The summed E-state index contributed by atoms with van der Waals surface area (Å²) >= 11 is -4.98. The van der Waals surface area contributed by atoms with Gasteiger partial charge in [-0.3, -0.25) is 0 Å². The summed E-state index contributed by atoms with van der Waals surface area (Å²) in [6.45, 7) is 3.85. The highest BCUT2D eigenvalue weighted by Gasteiger charge is 2.37. The van der Waals surface area contributed by atoms with Gasteiger partial charge in [-0.1, -0.05) is 79.4 Å². The van der Waals surface area contributed by atoms with Crippen LogP contribution < -0.4 is 40.5 Å². The second-order valence-corrected chi connectivity index (χ2v) is 16.0. The van der Waals surface area contributed by atoms with Gasteiger partial charge in [0.1, 0.15) is 0 Å². The number of rotatable bonds is 9. The maximum absolute atomic E-state index is 13.0. The minimum absolute atomic E-state index is 0.0982. The molecule has 0 unspecified atom stereocenters. The van der Waals surface area contributed by atoms with Crippen molar-refractivity contribution >= 4 is 11.9 Å². The van der Waals surface area contributed by atoms with Crippen LogP contribution in [0.5, 0.6) is 0 Å². The van der Waals surface area contributed by atoms with E-state index in [2.05, 4.69) is 6.58 Å². The third kappa shape index (κ3) is 7.02. The van der Waals surface area contributed by atoms with Gasteiger partial charge in [0.2, 0.25) is 0 Å². The molecule has 0 saturated carbocycles. The third-order valence-electron chi connectivity index (χ3n) is 4.68. The van der Waals surface area contributed by atoms with Crippen LogP contribution in [0.4, 0.5) is 0 Å². The molecule has 4 nitrogen and oxygen atoms in total. The van der Waals surface area contributed by atoms with Crippen molar-refractivity contribution in [3.8, 4) is 0 Å². The van der Waals surface area contributed by atoms with Gasteiger partial charge in [-0.15, -0.1) is 0 Å². The molecule has 0 aromatic heterocycles. The van der Waals surface area contributed by atoms with E-state index in [9.17, 15) is 9.59 Å². The fourth-order valence-corrected chi connectivity index (χ4v) is 11.1. The van der Waals surface area contributed by atoms with E-state index in [1.807, 2.05) is 121 Å². The zero-order valence-corrected chi connectivity index (χ0v) is 23.2. The van der Waals surface area contributed by atoms with Crippen LogP contribution in [0.25, 0.3) is 0 Å². The molecule has 6 heteroatoms. The van der Waals surface area contributed by atoms with E-state index in [0.717, 1.165) is 14.3 Å². The molecule has 0 spiro atoms. The van der Waals surface area contributed by atoms with Gasteiger partial charge in [0.05, 0.1) is 6.42 Å². The van der Waals surface area contributed by atoms with Crippen molar-refractivity contribution in [2.24, 2.45) is 0 Å². The lowest BCUT2D eigenvalue weighted by atomic mass is 10.2. The summed E-state index contributed by atoms with van der Waals surface area (Å²) in [5, 5.41) is 0. The molecule has 0 aliphatic carbocycles. The first-order valence-electron chi connectivity index (χ1n) is 10.8. The van der Waals surface area contributed by atoms with Gasteiger partial charge >= 0.3 is 52.4 Å². The van der Waals surface area contributed by atoms with Crippen molar-refractivity contribution in [2.75, 3.05) is 0 Å². The second-order valence-electron chi connectivity index (χ2n) is 7.27. The Hall–Kier alpha value is -2.98. The largest absolute Gasteiger partial charge is 0.386 e. The summed E-state index contributed by atoms with van der Waals surface area (Å²) in [6, 6.07) is 39.0. The smallest absolute Gasteiger partial charge is 0.246 e. The Morgan fingerprint density at radius 1 is 0.543 bits per heavy atom. The molecule has 0 heterocycles. The Morgan fingerprint density at radius 3 is 1.20 bits per heavy atom. The summed E-state index contributed by atoms with van der Waals surface area (Å²) in [6.07, 6.45) is -0.208. The van der Waals surface area contributed by atoms with Crippen LogP contribution >= 0.6 is 0 Å². The second kappa shape index (κ2) is 12.6. The monoisotopic (exact) mass is 690 g/mol. The molecule has 0 atom stereocenters. The Bertz CT molecular complexity index is 1180. The summed E-state index contributed by atoms with van der Waals surface area (Å²) in [5.41, 5.74) is 0.0982. The average molecular weight is 690 g/mol. The van der Waals surface area contributed by atoms with Gasteiger partial charge in [0.15, 0.2) is 14.3 Å². The summed E-state index contributed by atoms with van der Waals surface area (Å²) in [4.78, 5) is 25.9.